The van der Waals surface area contributed by atoms with Crippen LogP contribution in [0.25, 0.3) is 11.5 Å². The first kappa shape index (κ1) is 14.5. The molecule has 0 aliphatic heterocycles. The summed E-state index contributed by atoms with van der Waals surface area (Å²) < 4.78 is 6.15. The first-order chi connectivity index (χ1) is 8.98. The van der Waals surface area contributed by atoms with Crippen molar-refractivity contribution in [1.29, 1.82) is 0 Å². The molecule has 1 aromatic carbocycles. The van der Waals surface area contributed by atoms with Gasteiger partial charge in [0.15, 0.2) is 5.82 Å². The maximum absolute atomic E-state index is 6.25. The first-order valence-corrected chi connectivity index (χ1v) is 7.25. The normalized spacial score (nSPS) is 11.8. The number of rotatable bonds is 4. The quantitative estimate of drug-likeness (QED) is 0.906. The standard InChI is InChI=1S/C13H15BrClN3O/c1-3-13(16,4-2)12-17-11(19-18-12)8-5-9(14)7-10(15)6-8/h5-7H,3-4,16H2,1-2H3. The average Bonchev–Trinajstić information content (AvgIpc) is 2.87. The Kier molecular flexibility index (Phi) is 4.28. The molecule has 0 saturated heterocycles. The van der Waals surface area contributed by atoms with Crippen molar-refractivity contribution in [2.24, 2.45) is 5.73 Å². The molecule has 6 heteroatoms. The van der Waals surface area contributed by atoms with Gasteiger partial charge in [0.05, 0.1) is 5.54 Å². The number of hydrogen-bond acceptors (Lipinski definition) is 4. The SMILES string of the molecule is CCC(N)(CC)c1noc(-c2cc(Cl)cc(Br)c2)n1. The van der Waals surface area contributed by atoms with Crippen LogP contribution >= 0.6 is 27.5 Å². The zero-order valence-electron chi connectivity index (χ0n) is 10.8. The third-order valence-electron chi connectivity index (χ3n) is 3.24. The number of nitrogens with two attached hydrogens (primary N) is 1. The van der Waals surface area contributed by atoms with Crippen LogP contribution < -0.4 is 5.73 Å². The average molecular weight is 345 g/mol. The van der Waals surface area contributed by atoms with Crippen molar-refractivity contribution < 1.29 is 4.52 Å². The van der Waals surface area contributed by atoms with E-state index in [-0.39, 0.29) is 0 Å². The summed E-state index contributed by atoms with van der Waals surface area (Å²) in [6.45, 7) is 4.02. The number of aromatic nitrogens is 2. The lowest BCUT2D eigenvalue weighted by atomic mass is 9.93. The Morgan fingerprint density at radius 2 is 2.00 bits per heavy atom. The van der Waals surface area contributed by atoms with Gasteiger partial charge in [-0.1, -0.05) is 46.5 Å². The van der Waals surface area contributed by atoms with E-state index in [9.17, 15) is 0 Å². The highest BCUT2D eigenvalue weighted by Crippen LogP contribution is 2.29. The Morgan fingerprint density at radius 1 is 1.32 bits per heavy atom. The van der Waals surface area contributed by atoms with Gasteiger partial charge >= 0.3 is 0 Å². The van der Waals surface area contributed by atoms with Crippen LogP contribution in [0.5, 0.6) is 0 Å². The van der Waals surface area contributed by atoms with Crippen LogP contribution in [0.3, 0.4) is 0 Å². The fourth-order valence-corrected chi connectivity index (χ4v) is 2.65. The monoisotopic (exact) mass is 343 g/mol. The van der Waals surface area contributed by atoms with Gasteiger partial charge < -0.3 is 10.3 Å². The van der Waals surface area contributed by atoms with Crippen LogP contribution in [-0.2, 0) is 5.54 Å². The molecule has 102 valence electrons. The summed E-state index contributed by atoms with van der Waals surface area (Å²) in [4.78, 5) is 4.39. The zero-order chi connectivity index (χ0) is 14.0. The maximum Gasteiger partial charge on any atom is 0.258 e. The van der Waals surface area contributed by atoms with Gasteiger partial charge in [-0.25, -0.2) is 0 Å². The van der Waals surface area contributed by atoms with Crippen molar-refractivity contribution in [3.63, 3.8) is 0 Å². The van der Waals surface area contributed by atoms with Crippen LogP contribution in [0, 0.1) is 0 Å². The van der Waals surface area contributed by atoms with E-state index in [1.807, 2.05) is 19.9 Å². The summed E-state index contributed by atoms with van der Waals surface area (Å²) in [5, 5.41) is 4.60. The maximum atomic E-state index is 6.25. The zero-order valence-corrected chi connectivity index (χ0v) is 13.1. The van der Waals surface area contributed by atoms with Crippen molar-refractivity contribution in [2.75, 3.05) is 0 Å². The van der Waals surface area contributed by atoms with Crippen molar-refractivity contribution in [2.45, 2.75) is 32.2 Å². The molecule has 0 spiro atoms. The second-order valence-corrected chi connectivity index (χ2v) is 5.80. The van der Waals surface area contributed by atoms with Gasteiger partial charge in [-0.2, -0.15) is 4.98 Å². The van der Waals surface area contributed by atoms with Crippen molar-refractivity contribution in [3.8, 4) is 11.5 Å². The predicted molar refractivity (Wildman–Crippen MR) is 78.9 cm³/mol. The highest BCUT2D eigenvalue weighted by atomic mass is 79.9. The summed E-state index contributed by atoms with van der Waals surface area (Å²) in [7, 11) is 0. The molecule has 2 N–H and O–H groups in total. The molecule has 1 heterocycles. The van der Waals surface area contributed by atoms with E-state index in [4.69, 9.17) is 21.9 Å². The minimum absolute atomic E-state index is 0.426. The number of nitrogens with zero attached hydrogens (tertiary/aromatic N) is 2. The minimum Gasteiger partial charge on any atom is -0.334 e. The molecular weight excluding hydrogens is 330 g/mol. The molecular formula is C13H15BrClN3O. The smallest absolute Gasteiger partial charge is 0.258 e. The molecule has 2 aromatic rings. The van der Waals surface area contributed by atoms with Gasteiger partial charge in [-0.05, 0) is 31.0 Å². The van der Waals surface area contributed by atoms with Crippen molar-refractivity contribution in [3.05, 3.63) is 33.5 Å². The Balaban J connectivity index is 2.40. The lowest BCUT2D eigenvalue weighted by molar-refractivity contribution is 0.350. The summed E-state index contributed by atoms with van der Waals surface area (Å²) >= 11 is 9.39. The van der Waals surface area contributed by atoms with E-state index < -0.39 is 5.54 Å². The largest absolute Gasteiger partial charge is 0.334 e. The van der Waals surface area contributed by atoms with E-state index in [0.29, 0.717) is 16.7 Å². The van der Waals surface area contributed by atoms with Gasteiger partial charge in [-0.3, -0.25) is 0 Å². The molecule has 0 unspecified atom stereocenters. The van der Waals surface area contributed by atoms with Crippen molar-refractivity contribution in [1.82, 2.24) is 10.1 Å². The molecule has 0 atom stereocenters. The number of hydrogen-bond donors (Lipinski definition) is 1. The van der Waals surface area contributed by atoms with Crippen LogP contribution in [0.1, 0.15) is 32.5 Å². The van der Waals surface area contributed by atoms with E-state index in [1.54, 1.807) is 12.1 Å². The van der Waals surface area contributed by atoms with Gasteiger partial charge in [0.1, 0.15) is 0 Å². The highest BCUT2D eigenvalue weighted by molar-refractivity contribution is 9.10. The van der Waals surface area contributed by atoms with Crippen LogP contribution in [0.4, 0.5) is 0 Å². The first-order valence-electron chi connectivity index (χ1n) is 6.08. The summed E-state index contributed by atoms with van der Waals surface area (Å²) in [6.07, 6.45) is 1.50. The summed E-state index contributed by atoms with van der Waals surface area (Å²) in [5.41, 5.74) is 6.48. The predicted octanol–water partition coefficient (Wildman–Crippen LogP) is 4.13. The van der Waals surface area contributed by atoms with Gasteiger partial charge in [0.2, 0.25) is 0 Å². The number of halogens is 2. The molecule has 0 aliphatic rings. The Labute approximate surface area is 125 Å². The van der Waals surface area contributed by atoms with E-state index in [2.05, 4.69) is 26.1 Å². The molecule has 2 rings (SSSR count). The topological polar surface area (TPSA) is 64.9 Å². The lowest BCUT2D eigenvalue weighted by Crippen LogP contribution is -2.36. The molecule has 0 aliphatic carbocycles. The van der Waals surface area contributed by atoms with Crippen LogP contribution in [-0.4, -0.2) is 10.1 Å². The highest BCUT2D eigenvalue weighted by Gasteiger charge is 2.29. The fraction of sp³-hybridized carbons (Fsp3) is 0.385. The van der Waals surface area contributed by atoms with Crippen LogP contribution in [0.15, 0.2) is 27.2 Å². The minimum atomic E-state index is -0.544. The molecule has 0 amide bonds. The van der Waals surface area contributed by atoms with E-state index >= 15 is 0 Å². The third kappa shape index (κ3) is 2.99. The van der Waals surface area contributed by atoms with Gasteiger partial charge in [0, 0.05) is 15.1 Å². The molecule has 0 bridgehead atoms. The van der Waals surface area contributed by atoms with Gasteiger partial charge in [-0.15, -0.1) is 0 Å². The Hall–Kier alpha value is -0.910. The Bertz CT molecular complexity index is 561. The lowest BCUT2D eigenvalue weighted by Gasteiger charge is -2.21. The molecule has 0 radical (unpaired) electrons. The van der Waals surface area contributed by atoms with E-state index in [0.717, 1.165) is 22.9 Å². The number of benzene rings is 1. The molecule has 19 heavy (non-hydrogen) atoms. The molecule has 1 aromatic heterocycles. The Morgan fingerprint density at radius 3 is 2.58 bits per heavy atom. The molecule has 0 saturated carbocycles. The fourth-order valence-electron chi connectivity index (χ4n) is 1.79. The third-order valence-corrected chi connectivity index (χ3v) is 3.92. The van der Waals surface area contributed by atoms with E-state index in [1.165, 1.54) is 0 Å². The second-order valence-electron chi connectivity index (χ2n) is 4.44. The van der Waals surface area contributed by atoms with Gasteiger partial charge in [0.25, 0.3) is 5.89 Å². The summed E-state index contributed by atoms with van der Waals surface area (Å²) in [6, 6.07) is 5.45. The molecule has 4 nitrogen and oxygen atoms in total. The van der Waals surface area contributed by atoms with Crippen molar-refractivity contribution >= 4 is 27.5 Å². The second kappa shape index (κ2) is 5.61. The molecule has 0 fully saturated rings. The summed E-state index contributed by atoms with van der Waals surface area (Å²) in [5.74, 6) is 0.957. The van der Waals surface area contributed by atoms with Crippen LogP contribution in [0.2, 0.25) is 5.02 Å².